The molecule has 1 fully saturated rings. The highest BCUT2D eigenvalue weighted by Crippen LogP contribution is 2.18. The topological polar surface area (TPSA) is 65.6 Å². The van der Waals surface area contributed by atoms with E-state index in [0.717, 1.165) is 44.1 Å². The molecule has 1 atom stereocenters. The average molecular weight is 278 g/mol. The second-order valence-corrected chi connectivity index (χ2v) is 6.31. The van der Waals surface area contributed by atoms with Crippen LogP contribution in [0.1, 0.15) is 32.5 Å². The third-order valence-electron chi connectivity index (χ3n) is 3.59. The van der Waals surface area contributed by atoms with E-state index in [9.17, 15) is 5.11 Å². The van der Waals surface area contributed by atoms with Gasteiger partial charge in [0.1, 0.15) is 0 Å². The average Bonchev–Trinajstić information content (AvgIpc) is 2.38. The predicted octanol–water partition coefficient (Wildman–Crippen LogP) is 0.994. The van der Waals surface area contributed by atoms with Crippen molar-refractivity contribution in [1.82, 2.24) is 9.88 Å². The lowest BCUT2D eigenvalue weighted by molar-refractivity contribution is 0.0345. The first-order chi connectivity index (χ1) is 9.35. The number of β-amino-alcohol motifs (C(OH)–C–C–N with tert-alkyl or cyclic N) is 1. The molecule has 112 valence electrons. The molecule has 5 heteroatoms. The number of pyridine rings is 1. The van der Waals surface area contributed by atoms with Crippen molar-refractivity contribution in [2.75, 3.05) is 37.6 Å². The summed E-state index contributed by atoms with van der Waals surface area (Å²) < 4.78 is 0. The monoisotopic (exact) mass is 278 g/mol. The Hall–Kier alpha value is -1.17. The van der Waals surface area contributed by atoms with Gasteiger partial charge in [0.05, 0.1) is 23.2 Å². The molecule has 2 heterocycles. The van der Waals surface area contributed by atoms with E-state index in [1.807, 2.05) is 33.0 Å². The minimum absolute atomic E-state index is 0.0207. The number of aromatic nitrogens is 1. The van der Waals surface area contributed by atoms with Crippen molar-refractivity contribution in [3.05, 3.63) is 24.0 Å². The van der Waals surface area contributed by atoms with E-state index in [4.69, 9.17) is 5.73 Å². The Kier molecular flexibility index (Phi) is 4.62. The number of nitrogens with zero attached hydrogens (tertiary/aromatic N) is 3. The number of anilines is 1. The number of aliphatic hydroxyl groups is 1. The van der Waals surface area contributed by atoms with Gasteiger partial charge in [-0.2, -0.15) is 0 Å². The van der Waals surface area contributed by atoms with Crippen molar-refractivity contribution in [2.24, 2.45) is 5.73 Å². The van der Waals surface area contributed by atoms with Crippen molar-refractivity contribution in [3.8, 4) is 0 Å². The van der Waals surface area contributed by atoms with Gasteiger partial charge in [-0.1, -0.05) is 0 Å². The van der Waals surface area contributed by atoms with Crippen LogP contribution in [0.3, 0.4) is 0 Å². The Morgan fingerprint density at radius 3 is 2.40 bits per heavy atom. The third kappa shape index (κ3) is 4.16. The van der Waals surface area contributed by atoms with E-state index >= 15 is 0 Å². The van der Waals surface area contributed by atoms with E-state index in [1.165, 1.54) is 0 Å². The Balaban J connectivity index is 1.90. The lowest BCUT2D eigenvalue weighted by atomic mass is 10.1. The number of rotatable bonds is 4. The fourth-order valence-corrected chi connectivity index (χ4v) is 2.57. The Morgan fingerprint density at radius 2 is 1.95 bits per heavy atom. The van der Waals surface area contributed by atoms with Gasteiger partial charge in [0, 0.05) is 38.8 Å². The van der Waals surface area contributed by atoms with Gasteiger partial charge in [0.15, 0.2) is 0 Å². The zero-order valence-electron chi connectivity index (χ0n) is 12.7. The Morgan fingerprint density at radius 1 is 1.30 bits per heavy atom. The van der Waals surface area contributed by atoms with E-state index in [2.05, 4.69) is 20.9 Å². The van der Waals surface area contributed by atoms with Crippen LogP contribution in [0.5, 0.6) is 0 Å². The molecule has 0 bridgehead atoms. The Labute approximate surface area is 121 Å². The first-order valence-corrected chi connectivity index (χ1v) is 7.26. The maximum Gasteiger partial charge on any atom is 0.0718 e. The lowest BCUT2D eigenvalue weighted by Crippen LogP contribution is -2.50. The van der Waals surface area contributed by atoms with Gasteiger partial charge in [0.25, 0.3) is 0 Å². The standard InChI is InChI=1S/C15H26N4O/c1-12(16)14-5-4-13(10-17-14)19-8-6-18(7-9-19)11-15(2,3)20/h4-5,10,12,20H,6-9,11,16H2,1-3H3/t12-/m0/s1. The van der Waals surface area contributed by atoms with Crippen LogP contribution < -0.4 is 10.6 Å². The molecule has 0 radical (unpaired) electrons. The highest BCUT2D eigenvalue weighted by molar-refractivity contribution is 5.45. The molecule has 5 nitrogen and oxygen atoms in total. The van der Waals surface area contributed by atoms with E-state index in [1.54, 1.807) is 0 Å². The van der Waals surface area contributed by atoms with Crippen molar-refractivity contribution in [2.45, 2.75) is 32.4 Å². The summed E-state index contributed by atoms with van der Waals surface area (Å²) in [7, 11) is 0. The largest absolute Gasteiger partial charge is 0.389 e. The summed E-state index contributed by atoms with van der Waals surface area (Å²) in [6, 6.07) is 4.08. The lowest BCUT2D eigenvalue weighted by Gasteiger charge is -2.38. The van der Waals surface area contributed by atoms with Crippen LogP contribution in [-0.2, 0) is 0 Å². The third-order valence-corrected chi connectivity index (χ3v) is 3.59. The summed E-state index contributed by atoms with van der Waals surface area (Å²) in [5.41, 5.74) is 7.27. The predicted molar refractivity (Wildman–Crippen MR) is 81.8 cm³/mol. The first kappa shape index (κ1) is 15.2. The molecule has 1 saturated heterocycles. The van der Waals surface area contributed by atoms with Crippen LogP contribution in [0.2, 0.25) is 0 Å². The summed E-state index contributed by atoms with van der Waals surface area (Å²) >= 11 is 0. The molecule has 1 aliphatic heterocycles. The molecule has 0 amide bonds. The fourth-order valence-electron chi connectivity index (χ4n) is 2.57. The zero-order valence-corrected chi connectivity index (χ0v) is 12.7. The van der Waals surface area contributed by atoms with Gasteiger partial charge in [-0.25, -0.2) is 0 Å². The minimum atomic E-state index is -0.622. The smallest absolute Gasteiger partial charge is 0.0718 e. The molecule has 20 heavy (non-hydrogen) atoms. The maximum absolute atomic E-state index is 9.86. The molecule has 3 N–H and O–H groups in total. The maximum atomic E-state index is 9.86. The molecule has 0 aliphatic carbocycles. The van der Waals surface area contributed by atoms with Crippen molar-refractivity contribution < 1.29 is 5.11 Å². The summed E-state index contributed by atoms with van der Waals surface area (Å²) in [5.74, 6) is 0. The van der Waals surface area contributed by atoms with Crippen LogP contribution >= 0.6 is 0 Å². The van der Waals surface area contributed by atoms with Crippen LogP contribution in [0, 0.1) is 0 Å². The van der Waals surface area contributed by atoms with Gasteiger partial charge in [-0.3, -0.25) is 9.88 Å². The molecule has 1 aliphatic rings. The molecule has 0 saturated carbocycles. The molecule has 1 aromatic rings. The second kappa shape index (κ2) is 6.08. The van der Waals surface area contributed by atoms with Crippen molar-refractivity contribution in [1.29, 1.82) is 0 Å². The summed E-state index contributed by atoms with van der Waals surface area (Å²) in [5, 5.41) is 9.86. The molecular weight excluding hydrogens is 252 g/mol. The summed E-state index contributed by atoms with van der Waals surface area (Å²) in [6.45, 7) is 10.3. The SMILES string of the molecule is C[C@H](N)c1ccc(N2CCN(CC(C)(C)O)CC2)cn1. The zero-order chi connectivity index (χ0) is 14.8. The number of hydrogen-bond acceptors (Lipinski definition) is 5. The number of piperazine rings is 1. The summed E-state index contributed by atoms with van der Waals surface area (Å²) in [6.07, 6.45) is 1.91. The van der Waals surface area contributed by atoms with Gasteiger partial charge < -0.3 is 15.7 Å². The summed E-state index contributed by atoms with van der Waals surface area (Å²) in [4.78, 5) is 9.05. The normalized spacial score (nSPS) is 19.1. The van der Waals surface area contributed by atoms with Crippen LogP contribution in [-0.4, -0.2) is 53.3 Å². The molecule has 2 rings (SSSR count). The van der Waals surface area contributed by atoms with Gasteiger partial charge >= 0.3 is 0 Å². The first-order valence-electron chi connectivity index (χ1n) is 7.26. The number of nitrogens with two attached hydrogens (primary N) is 1. The van der Waals surface area contributed by atoms with Gasteiger partial charge in [-0.05, 0) is 32.9 Å². The molecule has 0 aromatic carbocycles. The van der Waals surface area contributed by atoms with E-state index in [0.29, 0.717) is 0 Å². The quantitative estimate of drug-likeness (QED) is 0.860. The van der Waals surface area contributed by atoms with E-state index in [-0.39, 0.29) is 6.04 Å². The Bertz CT molecular complexity index is 416. The fraction of sp³-hybridized carbons (Fsp3) is 0.667. The number of hydrogen-bond donors (Lipinski definition) is 2. The van der Waals surface area contributed by atoms with Crippen molar-refractivity contribution in [3.63, 3.8) is 0 Å². The van der Waals surface area contributed by atoms with Gasteiger partial charge in [-0.15, -0.1) is 0 Å². The highest BCUT2D eigenvalue weighted by atomic mass is 16.3. The van der Waals surface area contributed by atoms with Crippen LogP contribution in [0.15, 0.2) is 18.3 Å². The highest BCUT2D eigenvalue weighted by Gasteiger charge is 2.22. The minimum Gasteiger partial charge on any atom is -0.389 e. The molecular formula is C15H26N4O. The van der Waals surface area contributed by atoms with Crippen LogP contribution in [0.4, 0.5) is 5.69 Å². The van der Waals surface area contributed by atoms with E-state index < -0.39 is 5.60 Å². The van der Waals surface area contributed by atoms with Gasteiger partial charge in [0.2, 0.25) is 0 Å². The molecule has 1 aromatic heterocycles. The van der Waals surface area contributed by atoms with Crippen LogP contribution in [0.25, 0.3) is 0 Å². The van der Waals surface area contributed by atoms with Crippen molar-refractivity contribution >= 4 is 5.69 Å². The molecule has 0 spiro atoms. The second-order valence-electron chi connectivity index (χ2n) is 6.31. The molecule has 0 unspecified atom stereocenters.